The third-order valence-electron chi connectivity index (χ3n) is 2.89. The average Bonchev–Trinajstić information content (AvgIpc) is 3.11. The number of rotatable bonds is 4. The van der Waals surface area contributed by atoms with Gasteiger partial charge >= 0.3 is 0 Å². The van der Waals surface area contributed by atoms with Gasteiger partial charge in [0.05, 0.1) is 0 Å². The number of carbonyl (C=O) groups excluding carboxylic acids is 1. The van der Waals surface area contributed by atoms with Gasteiger partial charge in [-0.05, 0) is 36.6 Å². The van der Waals surface area contributed by atoms with Crippen molar-refractivity contribution in [1.82, 2.24) is 15.5 Å². The van der Waals surface area contributed by atoms with E-state index in [0.717, 1.165) is 18.4 Å². The maximum Gasteiger partial charge on any atom is 0.292 e. The molecule has 3 N–H and O–H groups in total. The third-order valence-corrected chi connectivity index (χ3v) is 2.89. The number of amides is 1. The summed E-state index contributed by atoms with van der Waals surface area (Å²) in [6.45, 7) is 0. The highest BCUT2D eigenvalue weighted by molar-refractivity contribution is 5.90. The molecule has 6 heteroatoms. The van der Waals surface area contributed by atoms with Gasteiger partial charge in [-0.15, -0.1) is 0 Å². The van der Waals surface area contributed by atoms with Crippen molar-refractivity contribution in [3.05, 3.63) is 41.5 Å². The summed E-state index contributed by atoms with van der Waals surface area (Å²) in [5.41, 5.74) is 7.29. The van der Waals surface area contributed by atoms with Crippen molar-refractivity contribution in [2.45, 2.75) is 18.9 Å². The molecule has 0 unspecified atom stereocenters. The summed E-state index contributed by atoms with van der Waals surface area (Å²) >= 11 is 0. The summed E-state index contributed by atoms with van der Waals surface area (Å²) < 4.78 is 5.00. The molecule has 0 spiro atoms. The van der Waals surface area contributed by atoms with Gasteiger partial charge in [-0.3, -0.25) is 4.79 Å². The molecule has 1 aliphatic carbocycles. The molecule has 0 bridgehead atoms. The van der Waals surface area contributed by atoms with E-state index in [1.807, 2.05) is 24.3 Å². The van der Waals surface area contributed by atoms with Gasteiger partial charge in [-0.1, -0.05) is 17.3 Å². The van der Waals surface area contributed by atoms with Crippen molar-refractivity contribution in [1.29, 1.82) is 0 Å². The molecule has 102 valence electrons. The van der Waals surface area contributed by atoms with Gasteiger partial charge in [-0.25, -0.2) is 0 Å². The van der Waals surface area contributed by atoms with Gasteiger partial charge in [0.1, 0.15) is 0 Å². The Morgan fingerprint density at radius 1 is 1.40 bits per heavy atom. The van der Waals surface area contributed by atoms with Crippen LogP contribution in [0.1, 0.15) is 34.9 Å². The Kier molecular flexibility index (Phi) is 3.20. The van der Waals surface area contributed by atoms with Crippen LogP contribution in [0.3, 0.4) is 0 Å². The van der Waals surface area contributed by atoms with Crippen molar-refractivity contribution in [3.63, 3.8) is 0 Å². The summed E-state index contributed by atoms with van der Waals surface area (Å²) in [7, 11) is 0. The number of nitrogen functional groups attached to an aromatic ring is 1. The fourth-order valence-corrected chi connectivity index (χ4v) is 1.70. The largest absolute Gasteiger partial charge is 0.399 e. The van der Waals surface area contributed by atoms with Crippen molar-refractivity contribution in [2.24, 2.45) is 0 Å². The first-order valence-corrected chi connectivity index (χ1v) is 6.39. The van der Waals surface area contributed by atoms with Crippen LogP contribution in [0, 0.1) is 0 Å². The van der Waals surface area contributed by atoms with Gasteiger partial charge in [0, 0.05) is 17.8 Å². The number of nitrogens with zero attached hydrogens (tertiary/aromatic N) is 2. The van der Waals surface area contributed by atoms with Gasteiger partial charge in [-0.2, -0.15) is 4.98 Å². The second-order valence-electron chi connectivity index (χ2n) is 4.71. The lowest BCUT2D eigenvalue weighted by Gasteiger charge is -1.95. The lowest BCUT2D eigenvalue weighted by atomic mass is 10.2. The minimum absolute atomic E-state index is 0.0594. The number of nitrogens with one attached hydrogen (secondary N) is 1. The second kappa shape index (κ2) is 5.16. The molecule has 6 nitrogen and oxygen atoms in total. The van der Waals surface area contributed by atoms with Gasteiger partial charge in [0.2, 0.25) is 0 Å². The second-order valence-corrected chi connectivity index (χ2v) is 4.71. The fraction of sp³-hybridized carbons (Fsp3) is 0.214. The highest BCUT2D eigenvalue weighted by Gasteiger charge is 2.25. The molecule has 3 rings (SSSR count). The normalized spacial score (nSPS) is 14.6. The minimum atomic E-state index is -0.292. The van der Waals surface area contributed by atoms with E-state index in [1.54, 1.807) is 12.2 Å². The molecular weight excluding hydrogens is 256 g/mol. The minimum Gasteiger partial charge on any atom is -0.399 e. The maximum atomic E-state index is 11.7. The average molecular weight is 270 g/mol. The zero-order valence-electron chi connectivity index (χ0n) is 10.7. The SMILES string of the molecule is Nc1cccc(/C=C/c2nc(C(=O)NC3CC3)no2)c1. The van der Waals surface area contributed by atoms with Crippen molar-refractivity contribution in [3.8, 4) is 0 Å². The molecule has 1 heterocycles. The molecule has 0 atom stereocenters. The summed E-state index contributed by atoms with van der Waals surface area (Å²) in [5, 5.41) is 6.45. The molecule has 0 saturated heterocycles. The lowest BCUT2D eigenvalue weighted by Crippen LogP contribution is -2.26. The number of aromatic nitrogens is 2. The van der Waals surface area contributed by atoms with Crippen LogP contribution in [0.15, 0.2) is 28.8 Å². The predicted molar refractivity (Wildman–Crippen MR) is 74.6 cm³/mol. The van der Waals surface area contributed by atoms with Crippen LogP contribution in [-0.4, -0.2) is 22.1 Å². The Morgan fingerprint density at radius 2 is 2.25 bits per heavy atom. The molecule has 0 aliphatic heterocycles. The first-order chi connectivity index (χ1) is 9.70. The Hall–Kier alpha value is -2.63. The molecule has 1 saturated carbocycles. The van der Waals surface area contributed by atoms with Crippen molar-refractivity contribution < 1.29 is 9.32 Å². The molecule has 1 aromatic heterocycles. The highest BCUT2D eigenvalue weighted by Crippen LogP contribution is 2.19. The third kappa shape index (κ3) is 3.03. The highest BCUT2D eigenvalue weighted by atomic mass is 16.5. The van der Waals surface area contributed by atoms with Crippen molar-refractivity contribution >= 4 is 23.7 Å². The molecule has 1 fully saturated rings. The van der Waals surface area contributed by atoms with E-state index >= 15 is 0 Å². The number of hydrogen-bond acceptors (Lipinski definition) is 5. The molecule has 0 radical (unpaired) electrons. The summed E-state index contributed by atoms with van der Waals surface area (Å²) in [6, 6.07) is 7.67. The first-order valence-electron chi connectivity index (χ1n) is 6.39. The zero-order valence-corrected chi connectivity index (χ0v) is 10.7. The van der Waals surface area contributed by atoms with E-state index in [9.17, 15) is 4.79 Å². The van der Waals surface area contributed by atoms with E-state index in [4.69, 9.17) is 10.3 Å². The number of hydrogen-bond donors (Lipinski definition) is 2. The van der Waals surface area contributed by atoms with E-state index in [-0.39, 0.29) is 23.7 Å². The quantitative estimate of drug-likeness (QED) is 0.825. The van der Waals surface area contributed by atoms with Crippen LogP contribution >= 0.6 is 0 Å². The Morgan fingerprint density at radius 3 is 3.00 bits per heavy atom. The smallest absolute Gasteiger partial charge is 0.292 e. The molecule has 1 amide bonds. The monoisotopic (exact) mass is 270 g/mol. The first kappa shape index (κ1) is 12.4. The number of nitrogens with two attached hydrogens (primary N) is 1. The van der Waals surface area contributed by atoms with Crippen LogP contribution in [0.25, 0.3) is 12.2 Å². The van der Waals surface area contributed by atoms with Crippen molar-refractivity contribution in [2.75, 3.05) is 5.73 Å². The van der Waals surface area contributed by atoms with Crippen LogP contribution in [0.4, 0.5) is 5.69 Å². The van der Waals surface area contributed by atoms with E-state index in [0.29, 0.717) is 5.69 Å². The summed E-state index contributed by atoms with van der Waals surface area (Å²) in [6.07, 6.45) is 5.49. The molecule has 2 aromatic rings. The van der Waals surface area contributed by atoms with Gasteiger partial charge in [0.25, 0.3) is 17.6 Å². The van der Waals surface area contributed by atoms with Gasteiger partial charge in [0.15, 0.2) is 0 Å². The van der Waals surface area contributed by atoms with E-state index < -0.39 is 0 Å². The lowest BCUT2D eigenvalue weighted by molar-refractivity contribution is 0.0937. The fourth-order valence-electron chi connectivity index (χ4n) is 1.70. The molecule has 20 heavy (non-hydrogen) atoms. The number of anilines is 1. The van der Waals surface area contributed by atoms with Crippen LogP contribution in [0.2, 0.25) is 0 Å². The zero-order chi connectivity index (χ0) is 13.9. The Balaban J connectivity index is 1.68. The molecular formula is C14H14N4O2. The topological polar surface area (TPSA) is 94.0 Å². The van der Waals surface area contributed by atoms with E-state index in [2.05, 4.69) is 15.5 Å². The molecule has 1 aliphatic rings. The Bertz CT molecular complexity index is 659. The van der Waals surface area contributed by atoms with E-state index in [1.165, 1.54) is 0 Å². The van der Waals surface area contributed by atoms with Crippen LogP contribution in [0.5, 0.6) is 0 Å². The standard InChI is InChI=1S/C14H14N4O2/c15-10-3-1-2-9(8-10)4-7-12-17-13(18-20-12)14(19)16-11-5-6-11/h1-4,7-8,11H,5-6,15H2,(H,16,19)/b7-4+. The summed E-state index contributed by atoms with van der Waals surface area (Å²) in [4.78, 5) is 15.7. The Labute approximate surface area is 115 Å². The van der Waals surface area contributed by atoms with Crippen LogP contribution in [-0.2, 0) is 0 Å². The predicted octanol–water partition coefficient (Wildman–Crippen LogP) is 1.71. The number of benzene rings is 1. The molecule has 1 aromatic carbocycles. The van der Waals surface area contributed by atoms with Crippen LogP contribution < -0.4 is 11.1 Å². The summed E-state index contributed by atoms with van der Waals surface area (Å²) in [5.74, 6) is 0.0531. The maximum absolute atomic E-state index is 11.7. The number of carbonyl (C=O) groups is 1. The van der Waals surface area contributed by atoms with Gasteiger partial charge < -0.3 is 15.6 Å².